The highest BCUT2D eigenvalue weighted by Crippen LogP contribution is 2.06. The summed E-state index contributed by atoms with van der Waals surface area (Å²) in [6.07, 6.45) is 9.45. The molecule has 0 aliphatic rings. The number of nitrogens with zero attached hydrogens (tertiary/aromatic N) is 1. The molecule has 0 atom stereocenters. The van der Waals surface area contributed by atoms with Crippen LogP contribution in [-0.2, 0) is 9.53 Å². The van der Waals surface area contributed by atoms with Gasteiger partial charge in [0.15, 0.2) is 0 Å². The summed E-state index contributed by atoms with van der Waals surface area (Å²) in [5.41, 5.74) is 1.03. The van der Waals surface area contributed by atoms with E-state index in [1.165, 1.54) is 6.08 Å². The molecule has 0 aromatic heterocycles. The summed E-state index contributed by atoms with van der Waals surface area (Å²) in [6, 6.07) is 0. The lowest BCUT2D eigenvalue weighted by molar-refractivity contribution is -0.104. The van der Waals surface area contributed by atoms with Crippen molar-refractivity contribution in [1.82, 2.24) is 4.90 Å². The maximum absolute atomic E-state index is 10.2. The summed E-state index contributed by atoms with van der Waals surface area (Å²) >= 11 is 3.29. The summed E-state index contributed by atoms with van der Waals surface area (Å²) in [5, 5.41) is 0.812. The second kappa shape index (κ2) is 11.5. The zero-order valence-corrected chi connectivity index (χ0v) is 12.0. The minimum atomic E-state index is 0.645. The molecule has 0 aliphatic carbocycles. The third kappa shape index (κ3) is 7.80. The first kappa shape index (κ1) is 16.0. The van der Waals surface area contributed by atoms with E-state index in [2.05, 4.69) is 34.7 Å². The zero-order chi connectivity index (χ0) is 12.9. The molecule has 0 amide bonds. The quantitative estimate of drug-likeness (QED) is 0.164. The number of aldehydes is 1. The second-order valence-electron chi connectivity index (χ2n) is 3.15. The monoisotopic (exact) mass is 301 g/mol. The summed E-state index contributed by atoms with van der Waals surface area (Å²) in [4.78, 5) is 12.4. The lowest BCUT2D eigenvalue weighted by Crippen LogP contribution is -2.21. The number of ether oxygens (including phenoxy) is 1. The number of hydrogen-bond acceptors (Lipinski definition) is 3. The number of allylic oxidation sites excluding steroid dienone is 4. The number of rotatable bonds is 9. The van der Waals surface area contributed by atoms with Crippen molar-refractivity contribution in [2.24, 2.45) is 0 Å². The standard InChI is InChI=1S/C13H20BrNO2/c1-3-15(4-2)13(7-5-6-10-16)8-11-17-12-9-14/h5-8,10-11H,3-4,9,12H2,1-2H3/b6-5+,11-8+,13-7+. The van der Waals surface area contributed by atoms with Crippen molar-refractivity contribution in [3.05, 3.63) is 36.3 Å². The van der Waals surface area contributed by atoms with Gasteiger partial charge in [-0.05, 0) is 32.1 Å². The van der Waals surface area contributed by atoms with Gasteiger partial charge in [0.25, 0.3) is 0 Å². The number of hydrogen-bond donors (Lipinski definition) is 0. The summed E-state index contributed by atoms with van der Waals surface area (Å²) < 4.78 is 5.27. The van der Waals surface area contributed by atoms with E-state index in [-0.39, 0.29) is 0 Å². The third-order valence-corrected chi connectivity index (χ3v) is 2.44. The molecular formula is C13H20BrNO2. The molecule has 0 rings (SSSR count). The van der Waals surface area contributed by atoms with Gasteiger partial charge in [0.2, 0.25) is 0 Å². The average Bonchev–Trinajstić information content (AvgIpc) is 2.35. The molecule has 4 heteroatoms. The second-order valence-corrected chi connectivity index (χ2v) is 3.94. The van der Waals surface area contributed by atoms with Gasteiger partial charge in [-0.1, -0.05) is 22.0 Å². The summed E-state index contributed by atoms with van der Waals surface area (Å²) in [5.74, 6) is 0. The molecule has 0 aromatic carbocycles. The van der Waals surface area contributed by atoms with Gasteiger partial charge in [-0.3, -0.25) is 4.79 Å². The summed E-state index contributed by atoms with van der Waals surface area (Å²) in [7, 11) is 0. The van der Waals surface area contributed by atoms with Crippen LogP contribution in [0.25, 0.3) is 0 Å². The van der Waals surface area contributed by atoms with Gasteiger partial charge < -0.3 is 9.64 Å². The fourth-order valence-electron chi connectivity index (χ4n) is 1.29. The SMILES string of the molecule is CCN(CC)C(/C=C/OCCBr)=C/C=C/C=O. The van der Waals surface area contributed by atoms with E-state index in [1.807, 2.05) is 12.2 Å². The van der Waals surface area contributed by atoms with Crippen LogP contribution in [-0.4, -0.2) is 36.2 Å². The molecule has 96 valence electrons. The van der Waals surface area contributed by atoms with Crippen LogP contribution in [0, 0.1) is 0 Å². The van der Waals surface area contributed by atoms with Crippen LogP contribution in [0.4, 0.5) is 0 Å². The van der Waals surface area contributed by atoms with Crippen molar-refractivity contribution in [1.29, 1.82) is 0 Å². The molecule has 0 unspecified atom stereocenters. The molecule has 0 aromatic rings. The van der Waals surface area contributed by atoms with E-state index in [9.17, 15) is 4.79 Å². The van der Waals surface area contributed by atoms with Crippen LogP contribution >= 0.6 is 15.9 Å². The fourth-order valence-corrected chi connectivity index (χ4v) is 1.47. The molecule has 0 fully saturated rings. The first-order valence-electron chi connectivity index (χ1n) is 5.71. The number of halogens is 1. The van der Waals surface area contributed by atoms with E-state index < -0.39 is 0 Å². The van der Waals surface area contributed by atoms with Crippen LogP contribution < -0.4 is 0 Å². The Kier molecular flexibility index (Phi) is 10.8. The van der Waals surface area contributed by atoms with Crippen LogP contribution in [0.15, 0.2) is 36.3 Å². The van der Waals surface area contributed by atoms with Crippen molar-refractivity contribution < 1.29 is 9.53 Å². The molecule has 3 nitrogen and oxygen atoms in total. The van der Waals surface area contributed by atoms with Gasteiger partial charge in [-0.25, -0.2) is 0 Å². The third-order valence-electron chi connectivity index (χ3n) is 2.12. The van der Waals surface area contributed by atoms with Gasteiger partial charge in [0, 0.05) is 24.1 Å². The van der Waals surface area contributed by atoms with Gasteiger partial charge in [0.05, 0.1) is 12.9 Å². The molecule has 0 heterocycles. The fraction of sp³-hybridized carbons (Fsp3) is 0.462. The van der Waals surface area contributed by atoms with E-state index in [0.29, 0.717) is 6.61 Å². The Morgan fingerprint density at radius 3 is 2.53 bits per heavy atom. The Bertz CT molecular complexity index is 281. The van der Waals surface area contributed by atoms with Crippen molar-refractivity contribution >= 4 is 22.2 Å². The van der Waals surface area contributed by atoms with Crippen LogP contribution in [0.5, 0.6) is 0 Å². The van der Waals surface area contributed by atoms with Crippen molar-refractivity contribution in [3.63, 3.8) is 0 Å². The van der Waals surface area contributed by atoms with Crippen LogP contribution in [0.1, 0.15) is 13.8 Å². The van der Waals surface area contributed by atoms with E-state index in [0.717, 1.165) is 30.4 Å². The lowest BCUT2D eigenvalue weighted by Gasteiger charge is -2.21. The van der Waals surface area contributed by atoms with Gasteiger partial charge in [0.1, 0.15) is 6.29 Å². The van der Waals surface area contributed by atoms with Gasteiger partial charge in [-0.2, -0.15) is 0 Å². The number of carbonyl (C=O) groups excluding carboxylic acids is 1. The molecule has 0 saturated carbocycles. The Morgan fingerprint density at radius 1 is 1.29 bits per heavy atom. The zero-order valence-electron chi connectivity index (χ0n) is 10.4. The molecule has 17 heavy (non-hydrogen) atoms. The predicted octanol–water partition coefficient (Wildman–Crippen LogP) is 2.89. The van der Waals surface area contributed by atoms with Gasteiger partial charge >= 0.3 is 0 Å². The summed E-state index contributed by atoms with van der Waals surface area (Å²) in [6.45, 7) is 6.66. The molecule has 0 radical (unpaired) electrons. The minimum Gasteiger partial charge on any atom is -0.500 e. The maximum Gasteiger partial charge on any atom is 0.142 e. The lowest BCUT2D eigenvalue weighted by atomic mass is 10.3. The normalized spacial score (nSPS) is 12.3. The molecule has 0 aliphatic heterocycles. The maximum atomic E-state index is 10.2. The molecular weight excluding hydrogens is 282 g/mol. The first-order valence-corrected chi connectivity index (χ1v) is 6.83. The number of carbonyl (C=O) groups is 1. The minimum absolute atomic E-state index is 0.645. The number of likely N-dealkylation sites (N-methyl/N-ethyl adjacent to an activating group) is 1. The Balaban J connectivity index is 4.59. The highest BCUT2D eigenvalue weighted by Gasteiger charge is 2.00. The Labute approximate surface area is 112 Å². The van der Waals surface area contributed by atoms with E-state index in [4.69, 9.17) is 4.74 Å². The van der Waals surface area contributed by atoms with E-state index in [1.54, 1.807) is 12.3 Å². The Hall–Kier alpha value is -1.03. The molecule has 0 saturated heterocycles. The van der Waals surface area contributed by atoms with Gasteiger partial charge in [-0.15, -0.1) is 0 Å². The van der Waals surface area contributed by atoms with Crippen LogP contribution in [0.2, 0.25) is 0 Å². The van der Waals surface area contributed by atoms with E-state index >= 15 is 0 Å². The highest BCUT2D eigenvalue weighted by atomic mass is 79.9. The topological polar surface area (TPSA) is 29.5 Å². The smallest absolute Gasteiger partial charge is 0.142 e. The average molecular weight is 302 g/mol. The highest BCUT2D eigenvalue weighted by molar-refractivity contribution is 9.09. The van der Waals surface area contributed by atoms with Crippen LogP contribution in [0.3, 0.4) is 0 Å². The molecule has 0 bridgehead atoms. The van der Waals surface area contributed by atoms with Crippen molar-refractivity contribution in [2.75, 3.05) is 25.0 Å². The first-order chi connectivity index (χ1) is 8.29. The predicted molar refractivity (Wildman–Crippen MR) is 75.1 cm³/mol. The van der Waals surface area contributed by atoms with Crippen molar-refractivity contribution in [2.45, 2.75) is 13.8 Å². The molecule has 0 N–H and O–H groups in total. The Morgan fingerprint density at radius 2 is 2.00 bits per heavy atom. The van der Waals surface area contributed by atoms with Crippen molar-refractivity contribution in [3.8, 4) is 0 Å². The largest absolute Gasteiger partial charge is 0.500 e. The number of alkyl halides is 1. The molecule has 0 spiro atoms.